The highest BCUT2D eigenvalue weighted by Gasteiger charge is 2.09. The fraction of sp³-hybridized carbons (Fsp3) is 0.167. The molecule has 5 nitrogen and oxygen atoms in total. The van der Waals surface area contributed by atoms with Crippen LogP contribution in [0.3, 0.4) is 0 Å². The van der Waals surface area contributed by atoms with Crippen LogP contribution >= 0.6 is 0 Å². The molecule has 3 aromatic rings. The maximum absolute atomic E-state index is 13.4. The van der Waals surface area contributed by atoms with Gasteiger partial charge in [-0.3, -0.25) is 0 Å². The summed E-state index contributed by atoms with van der Waals surface area (Å²) >= 11 is 0. The second-order valence-corrected chi connectivity index (χ2v) is 5.30. The number of anilines is 1. The molecule has 2 aromatic heterocycles. The number of aromatic nitrogens is 3. The van der Waals surface area contributed by atoms with E-state index in [4.69, 9.17) is 0 Å². The molecule has 2 heterocycles. The zero-order chi connectivity index (χ0) is 16.8. The van der Waals surface area contributed by atoms with Crippen LogP contribution in [0.4, 0.5) is 10.2 Å². The Morgan fingerprint density at radius 2 is 2.17 bits per heavy atom. The monoisotopic (exact) mass is 321 g/mol. The molecule has 6 heteroatoms. The van der Waals surface area contributed by atoms with Gasteiger partial charge in [0.1, 0.15) is 17.7 Å². The maximum Gasteiger partial charge on any atom is 0.126 e. The summed E-state index contributed by atoms with van der Waals surface area (Å²) < 4.78 is 15.4. The van der Waals surface area contributed by atoms with E-state index in [0.29, 0.717) is 22.6 Å². The predicted molar refractivity (Wildman–Crippen MR) is 89.7 cm³/mol. The second-order valence-electron chi connectivity index (χ2n) is 5.30. The van der Waals surface area contributed by atoms with Gasteiger partial charge in [-0.1, -0.05) is 12.1 Å². The van der Waals surface area contributed by atoms with Crippen LogP contribution in [0.1, 0.15) is 12.0 Å². The standard InChI is InChI=1S/C18H16FN5/c19-16-4-1-3-14(11-16)18-15(12-20)5-6-17(23-18)22-7-2-9-24-10-8-21-13-24/h1,3-6,8,10-11,13H,2,7,9H2,(H,22,23). The minimum atomic E-state index is -0.350. The molecule has 0 spiro atoms. The number of nitriles is 1. The van der Waals surface area contributed by atoms with Crippen molar-refractivity contribution in [2.75, 3.05) is 11.9 Å². The summed E-state index contributed by atoms with van der Waals surface area (Å²) in [6.45, 7) is 1.60. The first-order valence-corrected chi connectivity index (χ1v) is 7.63. The lowest BCUT2D eigenvalue weighted by atomic mass is 10.1. The molecule has 0 amide bonds. The van der Waals surface area contributed by atoms with Gasteiger partial charge in [0.05, 0.1) is 17.6 Å². The van der Waals surface area contributed by atoms with E-state index in [9.17, 15) is 9.65 Å². The lowest BCUT2D eigenvalue weighted by Gasteiger charge is -2.09. The summed E-state index contributed by atoms with van der Waals surface area (Å²) in [5.74, 6) is 0.316. The number of nitrogens with zero attached hydrogens (tertiary/aromatic N) is 4. The molecule has 0 aliphatic rings. The number of hydrogen-bond donors (Lipinski definition) is 1. The second kappa shape index (κ2) is 7.38. The van der Waals surface area contributed by atoms with Crippen LogP contribution in [-0.4, -0.2) is 21.1 Å². The van der Waals surface area contributed by atoms with Crippen LogP contribution in [0.5, 0.6) is 0 Å². The molecule has 0 unspecified atom stereocenters. The summed E-state index contributed by atoms with van der Waals surface area (Å²) in [6, 6.07) is 11.7. The van der Waals surface area contributed by atoms with Gasteiger partial charge in [0, 0.05) is 31.0 Å². The molecule has 0 fully saturated rings. The first-order chi connectivity index (χ1) is 11.8. The Balaban J connectivity index is 1.71. The summed E-state index contributed by atoms with van der Waals surface area (Å²) in [6.07, 6.45) is 6.36. The van der Waals surface area contributed by atoms with E-state index in [1.165, 1.54) is 12.1 Å². The summed E-state index contributed by atoms with van der Waals surface area (Å²) in [5.41, 5.74) is 1.50. The maximum atomic E-state index is 13.4. The molecule has 0 saturated heterocycles. The molecule has 120 valence electrons. The Bertz CT molecular complexity index is 852. The highest BCUT2D eigenvalue weighted by molar-refractivity contribution is 5.68. The topological polar surface area (TPSA) is 66.5 Å². The van der Waals surface area contributed by atoms with Crippen molar-refractivity contribution in [1.82, 2.24) is 14.5 Å². The number of rotatable bonds is 6. The number of imidazole rings is 1. The van der Waals surface area contributed by atoms with E-state index in [0.717, 1.165) is 19.5 Å². The van der Waals surface area contributed by atoms with Crippen LogP contribution in [0.15, 0.2) is 55.1 Å². The normalized spacial score (nSPS) is 10.3. The van der Waals surface area contributed by atoms with Crippen molar-refractivity contribution >= 4 is 5.82 Å². The number of nitrogens with one attached hydrogen (secondary N) is 1. The van der Waals surface area contributed by atoms with Crippen molar-refractivity contribution in [2.24, 2.45) is 0 Å². The highest BCUT2D eigenvalue weighted by atomic mass is 19.1. The molecule has 0 atom stereocenters. The van der Waals surface area contributed by atoms with Crippen LogP contribution in [-0.2, 0) is 6.54 Å². The molecular weight excluding hydrogens is 305 g/mol. The molecule has 24 heavy (non-hydrogen) atoms. The minimum absolute atomic E-state index is 0.350. The number of benzene rings is 1. The third kappa shape index (κ3) is 3.76. The quantitative estimate of drug-likeness (QED) is 0.706. The van der Waals surface area contributed by atoms with E-state index < -0.39 is 0 Å². The SMILES string of the molecule is N#Cc1ccc(NCCCn2ccnc2)nc1-c1cccc(F)c1. The van der Waals surface area contributed by atoms with E-state index >= 15 is 0 Å². The van der Waals surface area contributed by atoms with Crippen LogP contribution in [0.25, 0.3) is 11.3 Å². The van der Waals surface area contributed by atoms with E-state index in [1.54, 1.807) is 36.8 Å². The predicted octanol–water partition coefficient (Wildman–Crippen LogP) is 3.46. The molecule has 0 aliphatic heterocycles. The van der Waals surface area contributed by atoms with E-state index in [2.05, 4.69) is 21.4 Å². The zero-order valence-electron chi connectivity index (χ0n) is 13.0. The Kier molecular flexibility index (Phi) is 4.82. The molecule has 1 aromatic carbocycles. The molecule has 0 radical (unpaired) electrons. The van der Waals surface area contributed by atoms with Gasteiger partial charge in [-0.05, 0) is 30.7 Å². The summed E-state index contributed by atoms with van der Waals surface area (Å²) in [4.78, 5) is 8.47. The smallest absolute Gasteiger partial charge is 0.126 e. The van der Waals surface area contributed by atoms with Gasteiger partial charge >= 0.3 is 0 Å². The minimum Gasteiger partial charge on any atom is -0.370 e. The van der Waals surface area contributed by atoms with Crippen molar-refractivity contribution in [2.45, 2.75) is 13.0 Å². The fourth-order valence-electron chi connectivity index (χ4n) is 2.40. The van der Waals surface area contributed by atoms with E-state index in [1.807, 2.05) is 10.8 Å². The summed E-state index contributed by atoms with van der Waals surface area (Å²) in [7, 11) is 0. The van der Waals surface area contributed by atoms with Crippen molar-refractivity contribution in [3.8, 4) is 17.3 Å². The number of aryl methyl sites for hydroxylation is 1. The third-order valence-electron chi connectivity index (χ3n) is 3.57. The van der Waals surface area contributed by atoms with Gasteiger partial charge in [0.15, 0.2) is 0 Å². The Hall–Kier alpha value is -3.20. The van der Waals surface area contributed by atoms with Gasteiger partial charge in [0.25, 0.3) is 0 Å². The average Bonchev–Trinajstić information content (AvgIpc) is 3.12. The third-order valence-corrected chi connectivity index (χ3v) is 3.57. The van der Waals surface area contributed by atoms with Crippen molar-refractivity contribution in [1.29, 1.82) is 5.26 Å². The van der Waals surface area contributed by atoms with Crippen molar-refractivity contribution < 1.29 is 4.39 Å². The molecule has 0 aliphatic carbocycles. The van der Waals surface area contributed by atoms with Gasteiger partial charge in [-0.2, -0.15) is 5.26 Å². The number of pyridine rings is 1. The Labute approximate surface area is 139 Å². The Morgan fingerprint density at radius 3 is 2.92 bits per heavy atom. The van der Waals surface area contributed by atoms with Gasteiger partial charge in [-0.15, -0.1) is 0 Å². The average molecular weight is 321 g/mol. The van der Waals surface area contributed by atoms with Gasteiger partial charge in [0.2, 0.25) is 0 Å². The lowest BCUT2D eigenvalue weighted by Crippen LogP contribution is -2.07. The van der Waals surface area contributed by atoms with Crippen molar-refractivity contribution in [3.05, 3.63) is 66.5 Å². The van der Waals surface area contributed by atoms with Crippen LogP contribution in [0.2, 0.25) is 0 Å². The van der Waals surface area contributed by atoms with Gasteiger partial charge in [-0.25, -0.2) is 14.4 Å². The molecule has 0 bridgehead atoms. The summed E-state index contributed by atoms with van der Waals surface area (Å²) in [5, 5.41) is 12.5. The van der Waals surface area contributed by atoms with Crippen molar-refractivity contribution in [3.63, 3.8) is 0 Å². The molecule has 1 N–H and O–H groups in total. The van der Waals surface area contributed by atoms with Gasteiger partial charge < -0.3 is 9.88 Å². The highest BCUT2D eigenvalue weighted by Crippen LogP contribution is 2.23. The Morgan fingerprint density at radius 1 is 1.25 bits per heavy atom. The first-order valence-electron chi connectivity index (χ1n) is 7.63. The fourth-order valence-corrected chi connectivity index (χ4v) is 2.40. The van der Waals surface area contributed by atoms with Crippen LogP contribution < -0.4 is 5.32 Å². The van der Waals surface area contributed by atoms with Crippen LogP contribution in [0, 0.1) is 17.1 Å². The molecule has 3 rings (SSSR count). The molecular formula is C18H16FN5. The largest absolute Gasteiger partial charge is 0.370 e. The zero-order valence-corrected chi connectivity index (χ0v) is 13.0. The number of hydrogen-bond acceptors (Lipinski definition) is 4. The first kappa shape index (κ1) is 15.7. The van der Waals surface area contributed by atoms with E-state index in [-0.39, 0.29) is 5.82 Å². The number of halogens is 1. The molecule has 0 saturated carbocycles. The lowest BCUT2D eigenvalue weighted by molar-refractivity contribution is 0.628.